The third kappa shape index (κ3) is 4.43. The van der Waals surface area contributed by atoms with Gasteiger partial charge in [0.25, 0.3) is 0 Å². The second-order valence-corrected chi connectivity index (χ2v) is 7.76. The molecule has 0 unspecified atom stereocenters. The summed E-state index contributed by atoms with van der Waals surface area (Å²) in [6.45, 7) is 7.98. The summed E-state index contributed by atoms with van der Waals surface area (Å²) in [5.41, 5.74) is 0.971. The van der Waals surface area contributed by atoms with Crippen LogP contribution in [0, 0.1) is 0 Å². The maximum atomic E-state index is 12.5. The second-order valence-electron chi connectivity index (χ2n) is 6.82. The number of morpholine rings is 1. The lowest BCUT2D eigenvalue weighted by Gasteiger charge is -2.27. The van der Waals surface area contributed by atoms with E-state index in [1.807, 2.05) is 29.7 Å². The van der Waals surface area contributed by atoms with E-state index in [2.05, 4.69) is 27.3 Å². The van der Waals surface area contributed by atoms with Crippen molar-refractivity contribution in [1.29, 1.82) is 0 Å². The number of thioether (sulfide) groups is 1. The van der Waals surface area contributed by atoms with Gasteiger partial charge in [0.2, 0.25) is 18.6 Å². The van der Waals surface area contributed by atoms with Crippen molar-refractivity contribution < 1.29 is 19.0 Å². The summed E-state index contributed by atoms with van der Waals surface area (Å²) in [5.74, 6) is 2.50. The number of rotatable bonds is 7. The number of carbonyl (C=O) groups excluding carboxylic acids is 1. The number of hydrogen-bond donors (Lipinski definition) is 1. The van der Waals surface area contributed by atoms with Crippen LogP contribution in [0.15, 0.2) is 23.4 Å². The molecular weight excluding hydrogens is 394 g/mol. The van der Waals surface area contributed by atoms with E-state index in [9.17, 15) is 4.79 Å². The zero-order valence-corrected chi connectivity index (χ0v) is 17.4. The molecule has 156 valence electrons. The lowest BCUT2D eigenvalue weighted by Crippen LogP contribution is -2.38. The van der Waals surface area contributed by atoms with E-state index >= 15 is 0 Å². The molecule has 3 heterocycles. The van der Waals surface area contributed by atoms with Gasteiger partial charge in [-0.3, -0.25) is 9.36 Å². The van der Waals surface area contributed by atoms with Crippen LogP contribution in [0.4, 0.5) is 5.95 Å². The predicted octanol–water partition coefficient (Wildman–Crippen LogP) is 1.83. The SMILES string of the molecule is CCn1c(SCC(=O)N[C@@H](C)c2ccc3c(c2)OCO3)nnc1N1CCOCC1. The number of amides is 1. The smallest absolute Gasteiger partial charge is 0.231 e. The van der Waals surface area contributed by atoms with E-state index in [0.29, 0.717) is 19.0 Å². The fraction of sp³-hybridized carbons (Fsp3) is 0.526. The molecule has 0 spiro atoms. The molecule has 1 saturated heterocycles. The summed E-state index contributed by atoms with van der Waals surface area (Å²) in [7, 11) is 0. The molecule has 2 aromatic rings. The van der Waals surface area contributed by atoms with Gasteiger partial charge in [0.15, 0.2) is 16.7 Å². The Morgan fingerprint density at radius 1 is 1.24 bits per heavy atom. The molecule has 4 rings (SSSR count). The first kappa shape index (κ1) is 19.8. The number of ether oxygens (including phenoxy) is 3. The Balaban J connectivity index is 1.34. The Hall–Kier alpha value is -2.46. The fourth-order valence-corrected chi connectivity index (χ4v) is 4.15. The Bertz CT molecular complexity index is 868. The number of hydrogen-bond acceptors (Lipinski definition) is 8. The number of aromatic nitrogens is 3. The topological polar surface area (TPSA) is 90.7 Å². The van der Waals surface area contributed by atoms with E-state index < -0.39 is 0 Å². The average molecular weight is 420 g/mol. The number of carbonyl (C=O) groups is 1. The number of benzene rings is 1. The van der Waals surface area contributed by atoms with Crippen molar-refractivity contribution in [2.75, 3.05) is 43.7 Å². The van der Waals surface area contributed by atoms with Gasteiger partial charge >= 0.3 is 0 Å². The fourth-order valence-electron chi connectivity index (χ4n) is 3.34. The number of nitrogens with zero attached hydrogens (tertiary/aromatic N) is 4. The standard InChI is InChI=1S/C19H25N5O4S/c1-3-24-18(23-6-8-26-9-7-23)21-22-19(24)29-11-17(25)20-13(2)14-4-5-15-16(10-14)28-12-27-15/h4-5,10,13H,3,6-9,11-12H2,1-2H3,(H,20,25)/t13-/m0/s1. The highest BCUT2D eigenvalue weighted by Crippen LogP contribution is 2.34. The molecule has 9 nitrogen and oxygen atoms in total. The molecule has 0 aliphatic carbocycles. The summed E-state index contributed by atoms with van der Waals surface area (Å²) in [4.78, 5) is 14.6. The lowest BCUT2D eigenvalue weighted by molar-refractivity contribution is -0.119. The molecule has 1 fully saturated rings. The maximum absolute atomic E-state index is 12.5. The van der Waals surface area contributed by atoms with Crippen molar-refractivity contribution in [2.45, 2.75) is 31.6 Å². The zero-order valence-electron chi connectivity index (χ0n) is 16.6. The van der Waals surface area contributed by atoms with E-state index in [1.165, 1.54) is 11.8 Å². The van der Waals surface area contributed by atoms with Gasteiger partial charge < -0.3 is 24.4 Å². The van der Waals surface area contributed by atoms with Crippen LogP contribution in [0.1, 0.15) is 25.5 Å². The molecule has 2 aliphatic heterocycles. The lowest BCUT2D eigenvalue weighted by atomic mass is 10.1. The average Bonchev–Trinajstić information content (AvgIpc) is 3.38. The van der Waals surface area contributed by atoms with Crippen LogP contribution < -0.4 is 19.7 Å². The van der Waals surface area contributed by atoms with Crippen molar-refractivity contribution in [3.63, 3.8) is 0 Å². The van der Waals surface area contributed by atoms with Crippen molar-refractivity contribution in [3.05, 3.63) is 23.8 Å². The third-order valence-corrected chi connectivity index (χ3v) is 5.88. The van der Waals surface area contributed by atoms with Gasteiger partial charge in [-0.15, -0.1) is 10.2 Å². The van der Waals surface area contributed by atoms with Crippen molar-refractivity contribution in [2.24, 2.45) is 0 Å². The molecule has 0 radical (unpaired) electrons. The first-order chi connectivity index (χ1) is 14.2. The highest BCUT2D eigenvalue weighted by atomic mass is 32.2. The van der Waals surface area contributed by atoms with Gasteiger partial charge in [-0.1, -0.05) is 17.8 Å². The van der Waals surface area contributed by atoms with Gasteiger partial charge in [0.1, 0.15) is 0 Å². The van der Waals surface area contributed by atoms with Gasteiger partial charge in [-0.05, 0) is 31.5 Å². The largest absolute Gasteiger partial charge is 0.454 e. The van der Waals surface area contributed by atoms with Crippen LogP contribution in [0.3, 0.4) is 0 Å². The van der Waals surface area contributed by atoms with Crippen LogP contribution in [0.5, 0.6) is 11.5 Å². The van der Waals surface area contributed by atoms with Gasteiger partial charge in [0.05, 0.1) is 25.0 Å². The van der Waals surface area contributed by atoms with Crippen molar-refractivity contribution in [3.8, 4) is 11.5 Å². The normalized spacial score (nSPS) is 16.7. The van der Waals surface area contributed by atoms with Crippen LogP contribution in [-0.2, 0) is 16.1 Å². The highest BCUT2D eigenvalue weighted by molar-refractivity contribution is 7.99. The van der Waals surface area contributed by atoms with E-state index in [0.717, 1.165) is 42.1 Å². The number of anilines is 1. The van der Waals surface area contributed by atoms with Crippen LogP contribution in [-0.4, -0.2) is 59.5 Å². The van der Waals surface area contributed by atoms with Gasteiger partial charge in [0, 0.05) is 19.6 Å². The quantitative estimate of drug-likeness (QED) is 0.680. The van der Waals surface area contributed by atoms with Crippen molar-refractivity contribution in [1.82, 2.24) is 20.1 Å². The first-order valence-corrected chi connectivity index (χ1v) is 10.7. The second kappa shape index (κ2) is 8.91. The Morgan fingerprint density at radius 3 is 2.83 bits per heavy atom. The summed E-state index contributed by atoms with van der Waals surface area (Å²) in [6, 6.07) is 5.58. The number of fused-ring (bicyclic) bond motifs is 1. The molecular formula is C19H25N5O4S. The Morgan fingerprint density at radius 2 is 2.03 bits per heavy atom. The summed E-state index contributed by atoms with van der Waals surface area (Å²) < 4.78 is 18.2. The zero-order chi connectivity index (χ0) is 20.2. The Kier molecular flexibility index (Phi) is 6.10. The minimum Gasteiger partial charge on any atom is -0.454 e. The molecule has 1 aromatic heterocycles. The van der Waals surface area contributed by atoms with Crippen LogP contribution in [0.25, 0.3) is 0 Å². The first-order valence-electron chi connectivity index (χ1n) is 9.73. The van der Waals surface area contributed by atoms with Gasteiger partial charge in [-0.25, -0.2) is 0 Å². The molecule has 1 amide bonds. The predicted molar refractivity (Wildman–Crippen MR) is 109 cm³/mol. The molecule has 0 bridgehead atoms. The Labute approximate surface area is 173 Å². The third-order valence-electron chi connectivity index (χ3n) is 4.91. The molecule has 0 saturated carbocycles. The van der Waals surface area contributed by atoms with E-state index in [-0.39, 0.29) is 24.5 Å². The molecule has 29 heavy (non-hydrogen) atoms. The minimum absolute atomic E-state index is 0.0567. The highest BCUT2D eigenvalue weighted by Gasteiger charge is 2.21. The monoisotopic (exact) mass is 419 g/mol. The van der Waals surface area contributed by atoms with E-state index in [4.69, 9.17) is 14.2 Å². The molecule has 1 atom stereocenters. The number of nitrogens with one attached hydrogen (secondary N) is 1. The minimum atomic E-state index is -0.134. The summed E-state index contributed by atoms with van der Waals surface area (Å²) in [6.07, 6.45) is 0. The molecule has 10 heteroatoms. The summed E-state index contributed by atoms with van der Waals surface area (Å²) >= 11 is 1.40. The maximum Gasteiger partial charge on any atom is 0.231 e. The van der Waals surface area contributed by atoms with Crippen LogP contribution >= 0.6 is 11.8 Å². The van der Waals surface area contributed by atoms with E-state index in [1.54, 1.807) is 0 Å². The molecule has 2 aliphatic rings. The van der Waals surface area contributed by atoms with Crippen molar-refractivity contribution >= 4 is 23.6 Å². The summed E-state index contributed by atoms with van der Waals surface area (Å²) in [5, 5.41) is 12.4. The van der Waals surface area contributed by atoms with Crippen LogP contribution in [0.2, 0.25) is 0 Å². The van der Waals surface area contributed by atoms with Gasteiger partial charge in [-0.2, -0.15) is 0 Å². The molecule has 1 N–H and O–H groups in total. The molecule has 1 aromatic carbocycles.